The number of rotatable bonds is 2. The van der Waals surface area contributed by atoms with Crippen LogP contribution < -0.4 is 5.32 Å². The van der Waals surface area contributed by atoms with Crippen LogP contribution in [0.15, 0.2) is 0 Å². The molecule has 1 rings (SSSR count). The molecule has 1 amide bonds. The van der Waals surface area contributed by atoms with Crippen LogP contribution in [0.4, 0.5) is 4.79 Å². The van der Waals surface area contributed by atoms with E-state index in [9.17, 15) is 4.79 Å². The van der Waals surface area contributed by atoms with E-state index in [1.165, 1.54) is 0 Å². The second kappa shape index (κ2) is 4.51. The summed E-state index contributed by atoms with van der Waals surface area (Å²) < 4.78 is 5.15. The predicted molar refractivity (Wildman–Crippen MR) is 59.7 cm³/mol. The van der Waals surface area contributed by atoms with Gasteiger partial charge in [-0.05, 0) is 39.5 Å². The highest BCUT2D eigenvalue weighted by atomic mass is 79.9. The first-order valence-electron chi connectivity index (χ1n) is 4.96. The van der Waals surface area contributed by atoms with E-state index in [-0.39, 0.29) is 6.09 Å². The average Bonchev–Trinajstić information content (AvgIpc) is 1.91. The maximum Gasteiger partial charge on any atom is 0.407 e. The van der Waals surface area contributed by atoms with Crippen molar-refractivity contribution >= 4 is 22.0 Å². The van der Waals surface area contributed by atoms with Gasteiger partial charge in [-0.2, -0.15) is 0 Å². The van der Waals surface area contributed by atoms with Crippen LogP contribution >= 0.6 is 15.9 Å². The summed E-state index contributed by atoms with van der Waals surface area (Å²) in [5, 5.41) is 3.88. The van der Waals surface area contributed by atoms with Gasteiger partial charge in [0.2, 0.25) is 0 Å². The average molecular weight is 264 g/mol. The van der Waals surface area contributed by atoms with Crippen LogP contribution in [0.3, 0.4) is 0 Å². The molecule has 14 heavy (non-hydrogen) atoms. The minimum Gasteiger partial charge on any atom is -0.444 e. The lowest BCUT2D eigenvalue weighted by Crippen LogP contribution is -2.46. The molecule has 4 heteroatoms. The van der Waals surface area contributed by atoms with Crippen molar-refractivity contribution in [3.8, 4) is 0 Å². The molecule has 1 fully saturated rings. The van der Waals surface area contributed by atoms with Gasteiger partial charge in [0.25, 0.3) is 0 Å². The van der Waals surface area contributed by atoms with Crippen molar-refractivity contribution < 1.29 is 9.53 Å². The number of carbonyl (C=O) groups excluding carboxylic acids is 1. The maximum absolute atomic E-state index is 11.3. The molecule has 1 aliphatic carbocycles. The van der Waals surface area contributed by atoms with Crippen molar-refractivity contribution in [2.24, 2.45) is 5.92 Å². The van der Waals surface area contributed by atoms with Gasteiger partial charge in [-0.3, -0.25) is 0 Å². The van der Waals surface area contributed by atoms with Gasteiger partial charge >= 0.3 is 6.09 Å². The molecular weight excluding hydrogens is 246 g/mol. The van der Waals surface area contributed by atoms with Gasteiger partial charge < -0.3 is 10.1 Å². The van der Waals surface area contributed by atoms with Crippen LogP contribution in [0.5, 0.6) is 0 Å². The zero-order chi connectivity index (χ0) is 10.8. The Morgan fingerprint density at radius 2 is 2.07 bits per heavy atom. The van der Waals surface area contributed by atoms with Gasteiger partial charge in [-0.1, -0.05) is 15.9 Å². The summed E-state index contributed by atoms with van der Waals surface area (Å²) in [5.74, 6) is 0.718. The largest absolute Gasteiger partial charge is 0.444 e. The van der Waals surface area contributed by atoms with Crippen molar-refractivity contribution in [1.82, 2.24) is 5.32 Å². The van der Waals surface area contributed by atoms with Crippen LogP contribution in [-0.4, -0.2) is 23.1 Å². The standard InChI is InChI=1S/C10H18BrNO2/c1-10(2,3)14-9(13)12-8-4-7(5-8)6-11/h7-8H,4-6H2,1-3H3,(H,12,13). The molecule has 0 saturated heterocycles. The first-order chi connectivity index (χ1) is 6.40. The molecule has 0 aliphatic heterocycles. The van der Waals surface area contributed by atoms with Crippen molar-refractivity contribution in [2.45, 2.75) is 45.3 Å². The molecule has 0 unspecified atom stereocenters. The minimum absolute atomic E-state index is 0.296. The lowest BCUT2D eigenvalue weighted by atomic mass is 9.82. The molecule has 0 spiro atoms. The van der Waals surface area contributed by atoms with Crippen molar-refractivity contribution in [3.63, 3.8) is 0 Å². The molecule has 0 aromatic heterocycles. The van der Waals surface area contributed by atoms with Crippen LogP contribution in [0.25, 0.3) is 0 Å². The number of hydrogen-bond donors (Lipinski definition) is 1. The topological polar surface area (TPSA) is 38.3 Å². The highest BCUT2D eigenvalue weighted by Gasteiger charge is 2.30. The summed E-state index contributed by atoms with van der Waals surface area (Å²) in [6.45, 7) is 5.61. The Hall–Kier alpha value is -0.250. The number of alkyl carbamates (subject to hydrolysis) is 1. The van der Waals surface area contributed by atoms with Gasteiger partial charge in [0.05, 0.1) is 0 Å². The van der Waals surface area contributed by atoms with Crippen LogP contribution in [0.1, 0.15) is 33.6 Å². The van der Waals surface area contributed by atoms with Crippen LogP contribution in [0.2, 0.25) is 0 Å². The number of hydrogen-bond acceptors (Lipinski definition) is 2. The highest BCUT2D eigenvalue weighted by Crippen LogP contribution is 2.28. The van der Waals surface area contributed by atoms with Crippen LogP contribution in [0, 0.1) is 5.92 Å². The first kappa shape index (κ1) is 11.8. The SMILES string of the molecule is CC(C)(C)OC(=O)NC1CC(CBr)C1. The molecule has 0 bridgehead atoms. The van der Waals surface area contributed by atoms with Crippen LogP contribution in [-0.2, 0) is 4.74 Å². The van der Waals surface area contributed by atoms with Crippen molar-refractivity contribution in [2.75, 3.05) is 5.33 Å². The molecule has 0 heterocycles. The van der Waals surface area contributed by atoms with E-state index < -0.39 is 5.60 Å². The molecule has 0 aromatic carbocycles. The van der Waals surface area contributed by atoms with E-state index >= 15 is 0 Å². The second-order valence-corrected chi connectivity index (χ2v) is 5.48. The number of carbonyl (C=O) groups is 1. The zero-order valence-corrected chi connectivity index (χ0v) is 10.6. The molecule has 3 nitrogen and oxygen atoms in total. The molecule has 82 valence electrons. The molecule has 1 N–H and O–H groups in total. The summed E-state index contributed by atoms with van der Waals surface area (Å²) in [6, 6.07) is 0.312. The predicted octanol–water partition coefficient (Wildman–Crippen LogP) is 2.68. The van der Waals surface area contributed by atoms with Gasteiger partial charge in [0.15, 0.2) is 0 Å². The van der Waals surface area contributed by atoms with Crippen molar-refractivity contribution in [3.05, 3.63) is 0 Å². The Bertz CT molecular complexity index is 207. The van der Waals surface area contributed by atoms with Gasteiger partial charge in [-0.15, -0.1) is 0 Å². The fourth-order valence-electron chi connectivity index (χ4n) is 1.45. The van der Waals surface area contributed by atoms with E-state index in [0.29, 0.717) is 6.04 Å². The monoisotopic (exact) mass is 263 g/mol. The molecule has 1 aliphatic rings. The maximum atomic E-state index is 11.3. The summed E-state index contributed by atoms with van der Waals surface area (Å²) in [7, 11) is 0. The Balaban J connectivity index is 2.17. The van der Waals surface area contributed by atoms with E-state index in [1.807, 2.05) is 20.8 Å². The number of nitrogens with one attached hydrogen (secondary N) is 1. The third kappa shape index (κ3) is 3.86. The first-order valence-corrected chi connectivity index (χ1v) is 6.08. The number of halogens is 1. The molecular formula is C10H18BrNO2. The lowest BCUT2D eigenvalue weighted by Gasteiger charge is -2.35. The van der Waals surface area contributed by atoms with E-state index in [2.05, 4.69) is 21.2 Å². The summed E-state index contributed by atoms with van der Waals surface area (Å²) >= 11 is 3.42. The van der Waals surface area contributed by atoms with Crippen molar-refractivity contribution in [1.29, 1.82) is 0 Å². The Labute approximate surface area is 93.7 Å². The van der Waals surface area contributed by atoms with E-state index in [1.54, 1.807) is 0 Å². The molecule has 0 atom stereocenters. The summed E-state index contributed by atoms with van der Waals surface area (Å²) in [4.78, 5) is 11.3. The number of alkyl halides is 1. The second-order valence-electron chi connectivity index (χ2n) is 4.83. The third-order valence-electron chi connectivity index (χ3n) is 2.17. The van der Waals surface area contributed by atoms with Gasteiger partial charge in [0.1, 0.15) is 5.60 Å². The Kier molecular flexibility index (Phi) is 3.81. The van der Waals surface area contributed by atoms with E-state index in [0.717, 1.165) is 24.1 Å². The van der Waals surface area contributed by atoms with E-state index in [4.69, 9.17) is 4.74 Å². The minimum atomic E-state index is -0.400. The quantitative estimate of drug-likeness (QED) is 0.779. The summed E-state index contributed by atoms with van der Waals surface area (Å²) in [6.07, 6.45) is 1.82. The fourth-order valence-corrected chi connectivity index (χ4v) is 1.98. The lowest BCUT2D eigenvalue weighted by molar-refractivity contribution is 0.0460. The fraction of sp³-hybridized carbons (Fsp3) is 0.900. The Morgan fingerprint density at radius 3 is 2.50 bits per heavy atom. The molecule has 1 saturated carbocycles. The molecule has 0 aromatic rings. The highest BCUT2D eigenvalue weighted by molar-refractivity contribution is 9.09. The number of amides is 1. The normalized spacial score (nSPS) is 26.6. The summed E-state index contributed by atoms with van der Waals surface area (Å²) in [5.41, 5.74) is -0.400. The van der Waals surface area contributed by atoms with Gasteiger partial charge in [0, 0.05) is 11.4 Å². The van der Waals surface area contributed by atoms with Gasteiger partial charge in [-0.25, -0.2) is 4.79 Å². The third-order valence-corrected chi connectivity index (χ3v) is 3.09. The number of ether oxygens (including phenoxy) is 1. The zero-order valence-electron chi connectivity index (χ0n) is 8.97. The Morgan fingerprint density at radius 1 is 1.50 bits per heavy atom. The smallest absolute Gasteiger partial charge is 0.407 e. The molecule has 0 radical (unpaired) electrons.